The first-order valence-electron chi connectivity index (χ1n) is 11.4. The molecule has 4 rings (SSSR count). The zero-order chi connectivity index (χ0) is 22.3. The Morgan fingerprint density at radius 3 is 2.38 bits per heavy atom. The van der Waals surface area contributed by atoms with Gasteiger partial charge in [-0.1, -0.05) is 30.3 Å². The first-order chi connectivity index (χ1) is 15.7. The summed E-state index contributed by atoms with van der Waals surface area (Å²) >= 11 is 0. The fraction of sp³-hybridized carbons (Fsp3) is 0.440. The maximum absolute atomic E-state index is 12.6. The number of amides is 1. The maximum Gasteiger partial charge on any atom is 0.223 e. The molecule has 2 aliphatic rings. The summed E-state index contributed by atoms with van der Waals surface area (Å²) in [5.41, 5.74) is 3.73. The Morgan fingerprint density at radius 1 is 1.00 bits per heavy atom. The van der Waals surface area contributed by atoms with E-state index >= 15 is 0 Å². The van der Waals surface area contributed by atoms with E-state index in [9.17, 15) is 4.79 Å². The number of carbonyl (C=O) groups excluding carboxylic acids is 1. The second-order valence-corrected chi connectivity index (χ2v) is 8.27. The summed E-state index contributed by atoms with van der Waals surface area (Å²) < 4.78 is 5.35. The van der Waals surface area contributed by atoms with Crippen molar-refractivity contribution >= 4 is 17.6 Å². The lowest BCUT2D eigenvalue weighted by Crippen LogP contribution is -2.52. The molecule has 1 N–H and O–H groups in total. The molecule has 0 atom stereocenters. The molecule has 1 fully saturated rings. The number of rotatable bonds is 6. The lowest BCUT2D eigenvalue weighted by Gasteiger charge is -2.37. The molecule has 0 radical (unpaired) electrons. The van der Waals surface area contributed by atoms with Gasteiger partial charge in [-0.05, 0) is 29.7 Å². The van der Waals surface area contributed by atoms with E-state index in [0.717, 1.165) is 63.9 Å². The van der Waals surface area contributed by atoms with Crippen LogP contribution in [0.2, 0.25) is 0 Å². The normalized spacial score (nSPS) is 16.2. The fourth-order valence-corrected chi connectivity index (χ4v) is 4.42. The Hall–Kier alpha value is -3.22. The van der Waals surface area contributed by atoms with Crippen molar-refractivity contribution in [1.82, 2.24) is 15.1 Å². The minimum atomic E-state index is 0.227. The molecule has 7 nitrogen and oxygen atoms in total. The molecule has 2 aromatic carbocycles. The first-order valence-corrected chi connectivity index (χ1v) is 11.4. The van der Waals surface area contributed by atoms with Crippen LogP contribution < -0.4 is 15.0 Å². The predicted molar refractivity (Wildman–Crippen MR) is 128 cm³/mol. The van der Waals surface area contributed by atoms with Crippen molar-refractivity contribution in [1.29, 1.82) is 0 Å². The molecule has 0 unspecified atom stereocenters. The number of anilines is 1. The summed E-state index contributed by atoms with van der Waals surface area (Å²) in [6.07, 6.45) is 1.36. The number of nitrogens with one attached hydrogen (secondary N) is 1. The summed E-state index contributed by atoms with van der Waals surface area (Å²) in [5, 5.41) is 3.44. The molecule has 2 heterocycles. The minimum absolute atomic E-state index is 0.227. The van der Waals surface area contributed by atoms with Crippen molar-refractivity contribution in [3.05, 3.63) is 59.7 Å². The summed E-state index contributed by atoms with van der Waals surface area (Å²) in [7, 11) is 3.52. The number of aliphatic imine (C=N–C) groups is 1. The topological polar surface area (TPSA) is 60.4 Å². The Morgan fingerprint density at radius 2 is 1.72 bits per heavy atom. The lowest BCUT2D eigenvalue weighted by atomic mass is 10.1. The van der Waals surface area contributed by atoms with E-state index in [1.54, 1.807) is 7.11 Å². The van der Waals surface area contributed by atoms with Crippen LogP contribution in [-0.2, 0) is 17.9 Å². The predicted octanol–water partition coefficient (Wildman–Crippen LogP) is 2.72. The third kappa shape index (κ3) is 5.15. The number of ether oxygens (including phenoxy) is 1. The highest BCUT2D eigenvalue weighted by Crippen LogP contribution is 2.23. The van der Waals surface area contributed by atoms with Gasteiger partial charge in [-0.25, -0.2) is 0 Å². The number of nitrogens with zero attached hydrogens (tertiary/aromatic N) is 4. The molecule has 0 bridgehead atoms. The van der Waals surface area contributed by atoms with Crippen LogP contribution in [0.25, 0.3) is 0 Å². The maximum atomic E-state index is 12.6. The van der Waals surface area contributed by atoms with E-state index in [2.05, 4.69) is 44.4 Å². The molecule has 2 aromatic rings. The van der Waals surface area contributed by atoms with E-state index in [0.29, 0.717) is 6.42 Å². The Kier molecular flexibility index (Phi) is 7.14. The van der Waals surface area contributed by atoms with Crippen molar-refractivity contribution in [2.75, 3.05) is 51.8 Å². The molecular weight excluding hydrogens is 402 g/mol. The molecule has 32 heavy (non-hydrogen) atoms. The zero-order valence-corrected chi connectivity index (χ0v) is 19.1. The zero-order valence-electron chi connectivity index (χ0n) is 19.1. The lowest BCUT2D eigenvalue weighted by molar-refractivity contribution is -0.131. The highest BCUT2D eigenvalue weighted by Gasteiger charge is 2.23. The molecular formula is C25H33N5O2. The Bertz CT molecular complexity index is 928. The van der Waals surface area contributed by atoms with Crippen molar-refractivity contribution < 1.29 is 9.53 Å². The van der Waals surface area contributed by atoms with Gasteiger partial charge in [0.2, 0.25) is 5.91 Å². The molecule has 1 amide bonds. The molecule has 2 aliphatic heterocycles. The largest absolute Gasteiger partial charge is 0.497 e. The van der Waals surface area contributed by atoms with Crippen LogP contribution in [0.5, 0.6) is 5.75 Å². The summed E-state index contributed by atoms with van der Waals surface area (Å²) in [6.45, 7) is 5.89. The minimum Gasteiger partial charge on any atom is -0.497 e. The first kappa shape index (κ1) is 22.0. The molecule has 170 valence electrons. The van der Waals surface area contributed by atoms with Crippen LogP contribution >= 0.6 is 0 Å². The number of hydrogen-bond acceptors (Lipinski definition) is 4. The smallest absolute Gasteiger partial charge is 0.223 e. The molecule has 0 aromatic heterocycles. The Balaban J connectivity index is 1.18. The summed E-state index contributed by atoms with van der Waals surface area (Å²) in [4.78, 5) is 23.7. The van der Waals surface area contributed by atoms with Crippen molar-refractivity contribution in [2.45, 2.75) is 25.9 Å². The van der Waals surface area contributed by atoms with Crippen LogP contribution in [0.4, 0.5) is 5.69 Å². The highest BCUT2D eigenvalue weighted by atomic mass is 16.5. The number of carbonyl (C=O) groups is 1. The number of hydrogen-bond donors (Lipinski definition) is 1. The van der Waals surface area contributed by atoms with E-state index in [4.69, 9.17) is 4.74 Å². The summed E-state index contributed by atoms with van der Waals surface area (Å²) in [5.74, 6) is 2.02. The van der Waals surface area contributed by atoms with Gasteiger partial charge in [-0.15, -0.1) is 0 Å². The quantitative estimate of drug-likeness (QED) is 0.430. The van der Waals surface area contributed by atoms with Crippen molar-refractivity contribution in [2.24, 2.45) is 4.99 Å². The molecule has 0 aliphatic carbocycles. The Labute approximate surface area is 190 Å². The van der Waals surface area contributed by atoms with Gasteiger partial charge in [-0.3, -0.25) is 9.79 Å². The van der Waals surface area contributed by atoms with Gasteiger partial charge in [-0.2, -0.15) is 0 Å². The SMILES string of the molecule is CN=C(NCCCC(=O)N1Cc2ccccc2C1)N1CCN(c2cccc(OC)c2)CC1. The van der Waals surface area contributed by atoms with Crippen LogP contribution in [0, 0.1) is 0 Å². The molecule has 7 heteroatoms. The van der Waals surface area contributed by atoms with Crippen LogP contribution in [0.15, 0.2) is 53.5 Å². The van der Waals surface area contributed by atoms with Gasteiger partial charge in [0.05, 0.1) is 7.11 Å². The van der Waals surface area contributed by atoms with Crippen LogP contribution in [-0.4, -0.2) is 68.5 Å². The van der Waals surface area contributed by atoms with Crippen LogP contribution in [0.3, 0.4) is 0 Å². The number of piperazine rings is 1. The number of fused-ring (bicyclic) bond motifs is 1. The van der Waals surface area contributed by atoms with Gasteiger partial charge >= 0.3 is 0 Å². The van der Waals surface area contributed by atoms with Gasteiger partial charge in [0.15, 0.2) is 5.96 Å². The molecule has 0 saturated carbocycles. The molecule has 1 saturated heterocycles. The average molecular weight is 436 g/mol. The monoisotopic (exact) mass is 435 g/mol. The second kappa shape index (κ2) is 10.4. The van der Waals surface area contributed by atoms with Crippen LogP contribution in [0.1, 0.15) is 24.0 Å². The third-order valence-corrected chi connectivity index (χ3v) is 6.25. The van der Waals surface area contributed by atoms with Gasteiger partial charge in [0.25, 0.3) is 0 Å². The van der Waals surface area contributed by atoms with Gasteiger partial charge in [0, 0.05) is 71.0 Å². The number of guanidine groups is 1. The average Bonchev–Trinajstić information content (AvgIpc) is 3.29. The standard InChI is InChI=1S/C25H33N5O2/c1-26-25(29-15-13-28(14-16-29)22-9-5-10-23(17-22)32-2)27-12-6-11-24(31)30-18-20-7-3-4-8-21(20)19-30/h3-5,7-10,17H,6,11-16,18-19H2,1-2H3,(H,26,27). The third-order valence-electron chi connectivity index (χ3n) is 6.25. The number of benzene rings is 2. The highest BCUT2D eigenvalue weighted by molar-refractivity contribution is 5.80. The fourth-order valence-electron chi connectivity index (χ4n) is 4.42. The van der Waals surface area contributed by atoms with Gasteiger partial charge < -0.3 is 24.8 Å². The van der Waals surface area contributed by atoms with E-state index in [1.807, 2.05) is 36.2 Å². The number of methoxy groups -OCH3 is 1. The van der Waals surface area contributed by atoms with E-state index < -0.39 is 0 Å². The summed E-state index contributed by atoms with van der Waals surface area (Å²) in [6, 6.07) is 16.5. The van der Waals surface area contributed by atoms with E-state index in [1.165, 1.54) is 16.8 Å². The molecule has 0 spiro atoms. The van der Waals surface area contributed by atoms with Crippen molar-refractivity contribution in [3.63, 3.8) is 0 Å². The van der Waals surface area contributed by atoms with Crippen molar-refractivity contribution in [3.8, 4) is 5.75 Å². The van der Waals surface area contributed by atoms with Gasteiger partial charge in [0.1, 0.15) is 5.75 Å². The second-order valence-electron chi connectivity index (χ2n) is 8.27. The van der Waals surface area contributed by atoms with E-state index in [-0.39, 0.29) is 5.91 Å².